The van der Waals surface area contributed by atoms with Crippen LogP contribution in [0.15, 0.2) is 22.8 Å². The van der Waals surface area contributed by atoms with Gasteiger partial charge in [-0.05, 0) is 26.3 Å². The number of nitrogens with zero attached hydrogens (tertiary/aromatic N) is 1. The average Bonchev–Trinajstić information content (AvgIpc) is 2.72. The van der Waals surface area contributed by atoms with Crippen molar-refractivity contribution in [2.24, 2.45) is 0 Å². The van der Waals surface area contributed by atoms with Gasteiger partial charge in [0.2, 0.25) is 0 Å². The van der Waals surface area contributed by atoms with Crippen LogP contribution >= 0.6 is 10.7 Å². The van der Waals surface area contributed by atoms with Crippen molar-refractivity contribution in [3.63, 3.8) is 0 Å². The quantitative estimate of drug-likeness (QED) is 0.584. The van der Waals surface area contributed by atoms with Gasteiger partial charge in [0, 0.05) is 30.9 Å². The van der Waals surface area contributed by atoms with E-state index < -0.39 is 9.05 Å². The van der Waals surface area contributed by atoms with Crippen LogP contribution in [0.5, 0.6) is 0 Å². The summed E-state index contributed by atoms with van der Waals surface area (Å²) >= 11 is 0. The van der Waals surface area contributed by atoms with E-state index >= 15 is 0 Å². The number of hydrogen-bond acceptors (Lipinski definition) is 4. The molecule has 0 radical (unpaired) electrons. The maximum absolute atomic E-state index is 11.4. The van der Waals surface area contributed by atoms with Crippen LogP contribution in [0.25, 0.3) is 0 Å². The van der Waals surface area contributed by atoms with E-state index in [1.165, 1.54) is 6.92 Å². The van der Waals surface area contributed by atoms with Gasteiger partial charge in [-0.25, -0.2) is 8.42 Å². The van der Waals surface area contributed by atoms with Crippen LogP contribution < -0.4 is 0 Å². The van der Waals surface area contributed by atoms with Crippen molar-refractivity contribution < 1.29 is 13.2 Å². The molecule has 1 rings (SSSR count). The highest BCUT2D eigenvalue weighted by atomic mass is 35.7. The lowest BCUT2D eigenvalue weighted by molar-refractivity contribution is 0.112. The third kappa shape index (κ3) is 3.72. The molecule has 1 unspecified atom stereocenters. The van der Waals surface area contributed by atoms with Crippen molar-refractivity contribution in [1.82, 2.24) is 4.90 Å². The monoisotopic (exact) mass is 279 g/mol. The number of ether oxygens (including phenoxy) is 1. The summed E-state index contributed by atoms with van der Waals surface area (Å²) in [7, 11) is 3.38. The van der Waals surface area contributed by atoms with Gasteiger partial charge in [-0.15, -0.1) is 0 Å². The Kier molecular flexibility index (Phi) is 5.04. The zero-order valence-electron chi connectivity index (χ0n) is 10.3. The van der Waals surface area contributed by atoms with Crippen LogP contribution in [0, 0.1) is 0 Å². The Morgan fingerprint density at radius 3 is 2.59 bits per heavy atom. The minimum Gasteiger partial charge on any atom is -0.380 e. The number of hydrogen-bond donors (Lipinski definition) is 0. The summed E-state index contributed by atoms with van der Waals surface area (Å²) in [5.41, 5.74) is 0.655. The zero-order valence-corrected chi connectivity index (χ0v) is 11.9. The minimum absolute atomic E-state index is 0.154. The van der Waals surface area contributed by atoms with Gasteiger partial charge in [0.1, 0.15) is 0 Å². The van der Waals surface area contributed by atoms with Crippen LogP contribution in [-0.4, -0.2) is 39.6 Å². The molecule has 1 aliphatic heterocycles. The molecule has 0 aliphatic carbocycles. The minimum atomic E-state index is -3.67. The molecule has 0 bridgehead atoms. The Bertz CT molecular complexity index is 428. The van der Waals surface area contributed by atoms with E-state index in [1.54, 1.807) is 19.3 Å². The normalized spacial score (nSPS) is 23.3. The molecular weight excluding hydrogens is 262 g/mol. The number of methoxy groups -OCH3 is 1. The second-order valence-electron chi connectivity index (χ2n) is 3.97. The van der Waals surface area contributed by atoms with E-state index in [1.807, 2.05) is 11.8 Å². The highest BCUT2D eigenvalue weighted by Gasteiger charge is 2.26. The molecule has 0 aromatic rings. The standard InChI is InChI=1S/C11H18ClNO3S/c1-4-5-11(9(2)17(12,14)15)13-7-6-10(8-13)16-3/h4-5,10H,6-8H2,1-3H3. The van der Waals surface area contributed by atoms with E-state index in [2.05, 4.69) is 0 Å². The lowest BCUT2D eigenvalue weighted by Crippen LogP contribution is -2.23. The Morgan fingerprint density at radius 1 is 1.53 bits per heavy atom. The highest BCUT2D eigenvalue weighted by molar-refractivity contribution is 8.16. The molecule has 6 heteroatoms. The topological polar surface area (TPSA) is 46.6 Å². The molecule has 98 valence electrons. The Balaban J connectivity index is 3.04. The summed E-state index contributed by atoms with van der Waals surface area (Å²) in [6.07, 6.45) is 4.63. The molecule has 0 saturated carbocycles. The van der Waals surface area contributed by atoms with E-state index in [9.17, 15) is 8.42 Å². The van der Waals surface area contributed by atoms with Gasteiger partial charge in [0.05, 0.1) is 16.7 Å². The Morgan fingerprint density at radius 2 is 2.18 bits per heavy atom. The molecule has 0 aromatic carbocycles. The summed E-state index contributed by atoms with van der Waals surface area (Å²) in [6.45, 7) is 4.84. The number of allylic oxidation sites excluding steroid dienone is 3. The molecule has 1 aliphatic rings. The van der Waals surface area contributed by atoms with Crippen molar-refractivity contribution >= 4 is 19.7 Å². The molecule has 0 aromatic heterocycles. The van der Waals surface area contributed by atoms with Crippen molar-refractivity contribution in [3.8, 4) is 0 Å². The van der Waals surface area contributed by atoms with Gasteiger partial charge in [0.15, 0.2) is 0 Å². The van der Waals surface area contributed by atoms with Gasteiger partial charge in [-0.2, -0.15) is 0 Å². The lowest BCUT2D eigenvalue weighted by Gasteiger charge is -2.21. The number of halogens is 1. The third-order valence-electron chi connectivity index (χ3n) is 2.87. The van der Waals surface area contributed by atoms with Crippen molar-refractivity contribution in [2.45, 2.75) is 26.4 Å². The Labute approximate surface area is 107 Å². The molecule has 0 N–H and O–H groups in total. The molecule has 1 atom stereocenters. The predicted octanol–water partition coefficient (Wildman–Crippen LogP) is 2.08. The number of likely N-dealkylation sites (tertiary alicyclic amines) is 1. The maximum Gasteiger partial charge on any atom is 0.259 e. The van der Waals surface area contributed by atoms with Crippen molar-refractivity contribution in [3.05, 3.63) is 22.8 Å². The van der Waals surface area contributed by atoms with E-state index in [0.717, 1.165) is 13.0 Å². The second kappa shape index (κ2) is 5.89. The molecular formula is C11H18ClNO3S. The fourth-order valence-corrected chi connectivity index (χ4v) is 2.55. The molecule has 1 saturated heterocycles. The summed E-state index contributed by atoms with van der Waals surface area (Å²) in [5.74, 6) is 0. The van der Waals surface area contributed by atoms with Crippen LogP contribution in [0.2, 0.25) is 0 Å². The fraction of sp³-hybridized carbons (Fsp3) is 0.636. The molecule has 1 heterocycles. The Hall–Kier alpha value is -0.520. The van der Waals surface area contributed by atoms with Crippen LogP contribution in [0.3, 0.4) is 0 Å². The summed E-state index contributed by atoms with van der Waals surface area (Å²) in [6, 6.07) is 0. The molecule has 4 nitrogen and oxygen atoms in total. The van der Waals surface area contributed by atoms with E-state index in [4.69, 9.17) is 15.4 Å². The van der Waals surface area contributed by atoms with Gasteiger partial charge in [-0.3, -0.25) is 0 Å². The summed E-state index contributed by atoms with van der Waals surface area (Å²) in [5, 5.41) is 0. The second-order valence-corrected chi connectivity index (χ2v) is 6.68. The van der Waals surface area contributed by atoms with Crippen LogP contribution in [0.1, 0.15) is 20.3 Å². The van der Waals surface area contributed by atoms with Crippen LogP contribution in [-0.2, 0) is 13.8 Å². The van der Waals surface area contributed by atoms with Gasteiger partial charge in [-0.1, -0.05) is 6.08 Å². The fourth-order valence-electron chi connectivity index (χ4n) is 1.87. The zero-order chi connectivity index (χ0) is 13.1. The van der Waals surface area contributed by atoms with E-state index in [-0.39, 0.29) is 11.0 Å². The largest absolute Gasteiger partial charge is 0.380 e. The highest BCUT2D eigenvalue weighted by Crippen LogP contribution is 2.24. The maximum atomic E-state index is 11.4. The molecule has 17 heavy (non-hydrogen) atoms. The first-order valence-electron chi connectivity index (χ1n) is 5.46. The van der Waals surface area contributed by atoms with Crippen LogP contribution in [0.4, 0.5) is 0 Å². The SMILES string of the molecule is CC=CC(=C(C)S(=O)(=O)Cl)N1CCC(OC)C1. The summed E-state index contributed by atoms with van der Waals surface area (Å²) < 4.78 is 28.0. The van der Waals surface area contributed by atoms with Gasteiger partial charge < -0.3 is 9.64 Å². The van der Waals surface area contributed by atoms with Gasteiger partial charge >= 0.3 is 0 Å². The summed E-state index contributed by atoms with van der Waals surface area (Å²) in [4.78, 5) is 2.18. The van der Waals surface area contributed by atoms with E-state index in [0.29, 0.717) is 12.2 Å². The number of rotatable bonds is 4. The van der Waals surface area contributed by atoms with Crippen molar-refractivity contribution in [1.29, 1.82) is 0 Å². The average molecular weight is 280 g/mol. The molecule has 0 amide bonds. The first-order valence-corrected chi connectivity index (χ1v) is 7.77. The first kappa shape index (κ1) is 14.5. The smallest absolute Gasteiger partial charge is 0.259 e. The lowest BCUT2D eigenvalue weighted by atomic mass is 10.3. The molecule has 0 spiro atoms. The first-order chi connectivity index (χ1) is 7.90. The van der Waals surface area contributed by atoms with Gasteiger partial charge in [0.25, 0.3) is 9.05 Å². The van der Waals surface area contributed by atoms with Crippen molar-refractivity contribution in [2.75, 3.05) is 20.2 Å². The molecule has 1 fully saturated rings. The predicted molar refractivity (Wildman–Crippen MR) is 69.3 cm³/mol. The third-order valence-corrected chi connectivity index (χ3v) is 4.50.